The lowest BCUT2D eigenvalue weighted by Gasteiger charge is -2.39. The third-order valence-corrected chi connectivity index (χ3v) is 7.37. The summed E-state index contributed by atoms with van der Waals surface area (Å²) >= 11 is 1.45. The van der Waals surface area contributed by atoms with Crippen LogP contribution in [0.2, 0.25) is 0 Å². The Morgan fingerprint density at radius 3 is 2.64 bits per heavy atom. The molecule has 1 saturated heterocycles. The van der Waals surface area contributed by atoms with Gasteiger partial charge in [-0.25, -0.2) is 4.98 Å². The number of pyridine rings is 1. The van der Waals surface area contributed by atoms with Crippen LogP contribution in [-0.2, 0) is 4.79 Å². The summed E-state index contributed by atoms with van der Waals surface area (Å²) in [6.45, 7) is -0.220. The monoisotopic (exact) mass is 470 g/mol. The summed E-state index contributed by atoms with van der Waals surface area (Å²) in [5, 5.41) is 43.8. The van der Waals surface area contributed by atoms with Gasteiger partial charge in [-0.2, -0.15) is 0 Å². The Kier molecular flexibility index (Phi) is 6.23. The number of aliphatic hydroxyl groups excluding tert-OH is 3. The van der Waals surface area contributed by atoms with Crippen LogP contribution >= 0.6 is 11.3 Å². The highest BCUT2D eigenvalue weighted by Crippen LogP contribution is 2.33. The molecule has 0 spiro atoms. The maximum atomic E-state index is 13.3. The van der Waals surface area contributed by atoms with Gasteiger partial charge in [0.05, 0.1) is 28.6 Å². The number of aliphatic hydroxyl groups is 3. The van der Waals surface area contributed by atoms with E-state index in [-0.39, 0.29) is 12.5 Å². The third kappa shape index (κ3) is 4.43. The molecule has 33 heavy (non-hydrogen) atoms. The van der Waals surface area contributed by atoms with E-state index in [1.165, 1.54) is 11.3 Å². The molecule has 7 atom stereocenters. The van der Waals surface area contributed by atoms with E-state index in [1.54, 1.807) is 24.5 Å². The van der Waals surface area contributed by atoms with Gasteiger partial charge in [-0.15, -0.1) is 11.3 Å². The number of hydrogen-bond acceptors (Lipinski definition) is 10. The maximum absolute atomic E-state index is 13.3. The van der Waals surface area contributed by atoms with Crippen molar-refractivity contribution in [2.45, 2.75) is 43.0 Å². The summed E-state index contributed by atoms with van der Waals surface area (Å²) in [6, 6.07) is 10.8. The lowest BCUT2D eigenvalue weighted by Crippen LogP contribution is -2.68. The molecular formula is C22H26N6O4S. The first-order chi connectivity index (χ1) is 16.0. The lowest BCUT2D eigenvalue weighted by molar-refractivity contribution is -0.126. The average Bonchev–Trinajstić information content (AvgIpc) is 3.35. The highest BCUT2D eigenvalue weighted by Gasteiger charge is 2.46. The molecule has 1 aliphatic carbocycles. The zero-order valence-corrected chi connectivity index (χ0v) is 18.4. The quantitative estimate of drug-likeness (QED) is 0.262. The molecule has 2 aliphatic rings. The molecule has 3 aromatic rings. The molecule has 1 saturated carbocycles. The largest absolute Gasteiger partial charge is 0.396 e. The minimum atomic E-state index is -1.06. The molecular weight excluding hydrogens is 444 g/mol. The van der Waals surface area contributed by atoms with Gasteiger partial charge < -0.3 is 26.0 Å². The number of carbonyl (C=O) groups is 1. The summed E-state index contributed by atoms with van der Waals surface area (Å²) in [5.41, 5.74) is 1.59. The number of fused-ring (bicyclic) bond motifs is 1. The summed E-state index contributed by atoms with van der Waals surface area (Å²) in [7, 11) is 0. The van der Waals surface area contributed by atoms with Crippen LogP contribution in [0, 0.1) is 5.92 Å². The van der Waals surface area contributed by atoms with Crippen LogP contribution in [0.15, 0.2) is 48.8 Å². The van der Waals surface area contributed by atoms with Crippen LogP contribution in [0.1, 0.15) is 17.3 Å². The van der Waals surface area contributed by atoms with Crippen molar-refractivity contribution in [1.82, 2.24) is 25.9 Å². The van der Waals surface area contributed by atoms with Crippen molar-refractivity contribution in [2.24, 2.45) is 5.92 Å². The molecule has 0 radical (unpaired) electrons. The van der Waals surface area contributed by atoms with E-state index in [4.69, 9.17) is 0 Å². The van der Waals surface area contributed by atoms with Crippen LogP contribution in [-0.4, -0.2) is 68.5 Å². The van der Waals surface area contributed by atoms with E-state index in [1.807, 2.05) is 24.3 Å². The Balaban J connectivity index is 1.42. The van der Waals surface area contributed by atoms with Crippen molar-refractivity contribution < 1.29 is 20.1 Å². The summed E-state index contributed by atoms with van der Waals surface area (Å²) in [4.78, 5) is 22.0. The third-order valence-electron chi connectivity index (χ3n) is 6.25. The Labute approximate surface area is 194 Å². The van der Waals surface area contributed by atoms with Gasteiger partial charge in [0.2, 0.25) is 5.91 Å². The Hall–Kier alpha value is -2.67. The summed E-state index contributed by atoms with van der Waals surface area (Å²) < 4.78 is 0.979. The molecule has 5 rings (SSSR count). The second-order valence-electron chi connectivity index (χ2n) is 8.40. The number of carbonyl (C=O) groups excluding carboxylic acids is 1. The van der Waals surface area contributed by atoms with Crippen molar-refractivity contribution in [1.29, 1.82) is 0 Å². The predicted octanol–water partition coefficient (Wildman–Crippen LogP) is -0.0917. The van der Waals surface area contributed by atoms with Crippen molar-refractivity contribution in [3.63, 3.8) is 0 Å². The molecule has 3 heterocycles. The van der Waals surface area contributed by atoms with E-state index in [2.05, 4.69) is 31.2 Å². The van der Waals surface area contributed by atoms with Crippen molar-refractivity contribution >= 4 is 33.1 Å². The van der Waals surface area contributed by atoms with E-state index in [0.717, 1.165) is 15.9 Å². The number of aromatic nitrogens is 2. The average molecular weight is 471 g/mol. The molecule has 1 aromatic carbocycles. The fraction of sp³-hybridized carbons (Fsp3) is 0.409. The first kappa shape index (κ1) is 22.1. The Morgan fingerprint density at radius 1 is 1.12 bits per heavy atom. The van der Waals surface area contributed by atoms with Gasteiger partial charge in [-0.05, 0) is 30.7 Å². The van der Waals surface area contributed by atoms with Crippen molar-refractivity contribution in [3.8, 4) is 0 Å². The fourth-order valence-corrected chi connectivity index (χ4v) is 5.62. The molecule has 0 bridgehead atoms. The Morgan fingerprint density at radius 2 is 1.91 bits per heavy atom. The SMILES string of the molecule is O=C1NC(Nc2ccncc2)NC(N[C@@H]2C[C@H](CO)[C@@H](O)[C@H]2O)C1c1nc2ccccc2s1. The number of hydrogen-bond donors (Lipinski definition) is 7. The molecule has 3 unspecified atom stereocenters. The number of para-hydroxylation sites is 1. The molecule has 10 nitrogen and oxygen atoms in total. The molecule has 1 aliphatic heterocycles. The first-order valence-electron chi connectivity index (χ1n) is 10.8. The van der Waals surface area contributed by atoms with Crippen LogP contribution < -0.4 is 21.3 Å². The number of benzene rings is 1. The minimum Gasteiger partial charge on any atom is -0.396 e. The van der Waals surface area contributed by atoms with Crippen LogP contribution in [0.5, 0.6) is 0 Å². The maximum Gasteiger partial charge on any atom is 0.235 e. The molecule has 11 heteroatoms. The van der Waals surface area contributed by atoms with Gasteiger partial charge in [-0.3, -0.25) is 20.4 Å². The number of anilines is 1. The topological polar surface area (TPSA) is 152 Å². The fourth-order valence-electron chi connectivity index (χ4n) is 4.52. The molecule has 2 aromatic heterocycles. The van der Waals surface area contributed by atoms with Crippen LogP contribution in [0.4, 0.5) is 5.69 Å². The highest BCUT2D eigenvalue weighted by molar-refractivity contribution is 7.18. The van der Waals surface area contributed by atoms with Crippen LogP contribution in [0.25, 0.3) is 10.2 Å². The lowest BCUT2D eigenvalue weighted by atomic mass is 10.0. The highest BCUT2D eigenvalue weighted by atomic mass is 32.1. The van der Waals surface area contributed by atoms with Gasteiger partial charge in [0.15, 0.2) is 6.29 Å². The van der Waals surface area contributed by atoms with E-state index in [0.29, 0.717) is 11.4 Å². The van der Waals surface area contributed by atoms with E-state index in [9.17, 15) is 20.1 Å². The van der Waals surface area contributed by atoms with Crippen LogP contribution in [0.3, 0.4) is 0 Å². The minimum absolute atomic E-state index is 0.219. The number of thiazole rings is 1. The zero-order valence-electron chi connectivity index (χ0n) is 17.6. The van der Waals surface area contributed by atoms with Gasteiger partial charge in [0.1, 0.15) is 10.9 Å². The number of rotatable bonds is 6. The zero-order chi connectivity index (χ0) is 22.9. The van der Waals surface area contributed by atoms with Gasteiger partial charge in [-0.1, -0.05) is 12.1 Å². The Bertz CT molecular complexity index is 1080. The number of amides is 1. The second kappa shape index (κ2) is 9.29. The smallest absolute Gasteiger partial charge is 0.235 e. The van der Waals surface area contributed by atoms with E-state index < -0.39 is 42.5 Å². The molecule has 2 fully saturated rings. The van der Waals surface area contributed by atoms with Crippen molar-refractivity contribution in [2.75, 3.05) is 11.9 Å². The molecule has 174 valence electrons. The molecule has 7 N–H and O–H groups in total. The standard InChI is InChI=1S/C22H26N6O4S/c29-10-11-9-14(18(31)17(11)30)25-19-16(21-26-13-3-1-2-4-15(13)33-21)20(32)28-22(27-19)24-12-5-7-23-8-6-12/h1-8,11,14,16-19,22,25,27,29-31H,9-10H2,(H,23,24)(H,28,32)/t11-,14-,16?,17-,18+,19?,22?/m1/s1. The summed E-state index contributed by atoms with van der Waals surface area (Å²) in [6.07, 6.45) is 0.431. The summed E-state index contributed by atoms with van der Waals surface area (Å²) in [5.74, 6) is -1.31. The second-order valence-corrected chi connectivity index (χ2v) is 9.46. The number of nitrogens with zero attached hydrogens (tertiary/aromatic N) is 2. The van der Waals surface area contributed by atoms with Gasteiger partial charge >= 0.3 is 0 Å². The van der Waals surface area contributed by atoms with Crippen molar-refractivity contribution in [3.05, 3.63) is 53.8 Å². The van der Waals surface area contributed by atoms with E-state index >= 15 is 0 Å². The van der Waals surface area contributed by atoms with Gasteiger partial charge in [0, 0.05) is 36.6 Å². The van der Waals surface area contributed by atoms with Gasteiger partial charge in [0.25, 0.3) is 0 Å². The first-order valence-corrected chi connectivity index (χ1v) is 11.7. The predicted molar refractivity (Wildman–Crippen MR) is 123 cm³/mol. The molecule has 1 amide bonds. The normalized spacial score (nSPS) is 32.1. The number of nitrogens with one attached hydrogen (secondary N) is 4.